The van der Waals surface area contributed by atoms with Gasteiger partial charge in [0.25, 0.3) is 5.69 Å². The smallest absolute Gasteiger partial charge is 0.271 e. The van der Waals surface area contributed by atoms with Crippen LogP contribution in [0.2, 0.25) is 0 Å². The number of imidazole rings is 1. The normalized spacial score (nSPS) is 13.0. The lowest BCUT2D eigenvalue weighted by atomic mass is 10.00. The van der Waals surface area contributed by atoms with Gasteiger partial charge in [-0.25, -0.2) is 4.98 Å². The summed E-state index contributed by atoms with van der Waals surface area (Å²) in [7, 11) is 1.59. The molecule has 1 aliphatic rings. The van der Waals surface area contributed by atoms with Crippen LogP contribution in [0, 0.1) is 10.1 Å². The largest absolute Gasteiger partial charge is 0.495 e. The monoisotopic (exact) mass is 474 g/mol. The Labute approximate surface area is 200 Å². The van der Waals surface area contributed by atoms with E-state index in [2.05, 4.69) is 17.1 Å². The van der Waals surface area contributed by atoms with Crippen LogP contribution < -0.4 is 4.74 Å². The third-order valence-corrected chi connectivity index (χ3v) is 6.88. The molecule has 0 saturated carbocycles. The van der Waals surface area contributed by atoms with E-state index in [-0.39, 0.29) is 17.3 Å². The Balaban J connectivity index is 1.46. The van der Waals surface area contributed by atoms with Gasteiger partial charge in [0.1, 0.15) is 5.75 Å². The molecule has 1 aliphatic heterocycles. The summed E-state index contributed by atoms with van der Waals surface area (Å²) < 4.78 is 7.44. The van der Waals surface area contributed by atoms with E-state index in [1.54, 1.807) is 13.2 Å². The Morgan fingerprint density at radius 3 is 2.68 bits per heavy atom. The summed E-state index contributed by atoms with van der Waals surface area (Å²) in [4.78, 5) is 30.4. The lowest BCUT2D eigenvalue weighted by Crippen LogP contribution is -2.37. The number of aromatic nitrogens is 2. The molecule has 0 aliphatic carbocycles. The van der Waals surface area contributed by atoms with Crippen LogP contribution in [-0.4, -0.2) is 44.7 Å². The maximum absolute atomic E-state index is 13.1. The van der Waals surface area contributed by atoms with E-state index >= 15 is 0 Å². The van der Waals surface area contributed by atoms with E-state index in [1.165, 1.54) is 35.0 Å². The highest BCUT2D eigenvalue weighted by molar-refractivity contribution is 7.99. The second-order valence-electron chi connectivity index (χ2n) is 7.95. The van der Waals surface area contributed by atoms with Gasteiger partial charge in [0.2, 0.25) is 5.91 Å². The zero-order chi connectivity index (χ0) is 23.7. The van der Waals surface area contributed by atoms with Crippen molar-refractivity contribution in [2.24, 2.45) is 0 Å². The first-order valence-corrected chi connectivity index (χ1v) is 11.8. The Hall–Kier alpha value is -3.85. The highest BCUT2D eigenvalue weighted by Gasteiger charge is 2.23. The fourth-order valence-corrected chi connectivity index (χ4v) is 5.15. The van der Waals surface area contributed by atoms with Gasteiger partial charge in [-0.15, -0.1) is 0 Å². The summed E-state index contributed by atoms with van der Waals surface area (Å²) in [5.41, 5.74) is 4.39. The number of benzene rings is 3. The van der Waals surface area contributed by atoms with Gasteiger partial charge in [-0.2, -0.15) is 0 Å². The highest BCUT2D eigenvalue weighted by atomic mass is 32.2. The topological polar surface area (TPSA) is 90.5 Å². The first-order valence-electron chi connectivity index (χ1n) is 10.8. The molecule has 0 fully saturated rings. The van der Waals surface area contributed by atoms with Crippen molar-refractivity contribution in [2.45, 2.75) is 18.1 Å². The number of nitrogens with zero attached hydrogens (tertiary/aromatic N) is 4. The number of ether oxygens (including phenoxy) is 1. The summed E-state index contributed by atoms with van der Waals surface area (Å²) in [5.74, 6) is 0.882. The van der Waals surface area contributed by atoms with Crippen LogP contribution >= 0.6 is 11.8 Å². The number of nitro benzene ring substituents is 1. The van der Waals surface area contributed by atoms with E-state index in [1.807, 2.05) is 45.9 Å². The quantitative estimate of drug-likeness (QED) is 0.230. The molecule has 0 bridgehead atoms. The molecule has 0 saturated heterocycles. The summed E-state index contributed by atoms with van der Waals surface area (Å²) in [5, 5.41) is 11.9. The van der Waals surface area contributed by atoms with Gasteiger partial charge in [0.05, 0.1) is 34.5 Å². The van der Waals surface area contributed by atoms with Crippen molar-refractivity contribution in [3.8, 4) is 11.4 Å². The number of nitro groups is 1. The van der Waals surface area contributed by atoms with Gasteiger partial charge in [-0.3, -0.25) is 19.5 Å². The van der Waals surface area contributed by atoms with Crippen LogP contribution in [0.3, 0.4) is 0 Å². The van der Waals surface area contributed by atoms with E-state index < -0.39 is 4.92 Å². The molecule has 5 rings (SSSR count). The standard InChI is InChI=1S/C25H22N4O4S/c1-33-23-9-5-4-8-22(23)28-21-11-10-19(29(31)32)14-20(21)26-25(28)34-16-24(30)27-13-12-17-6-2-3-7-18(17)15-27/h2-11,14H,12-13,15-16H2,1H3. The number of methoxy groups -OCH3 is 1. The van der Waals surface area contributed by atoms with Crippen molar-refractivity contribution < 1.29 is 14.5 Å². The van der Waals surface area contributed by atoms with E-state index in [0.717, 1.165) is 12.1 Å². The minimum atomic E-state index is -0.438. The molecule has 0 radical (unpaired) electrons. The molecule has 1 aromatic heterocycles. The predicted molar refractivity (Wildman–Crippen MR) is 131 cm³/mol. The number of carbonyl (C=O) groups is 1. The van der Waals surface area contributed by atoms with Gasteiger partial charge < -0.3 is 9.64 Å². The highest BCUT2D eigenvalue weighted by Crippen LogP contribution is 2.34. The second-order valence-corrected chi connectivity index (χ2v) is 8.90. The number of hydrogen-bond donors (Lipinski definition) is 0. The minimum Gasteiger partial charge on any atom is -0.495 e. The number of amides is 1. The fourth-order valence-electron chi connectivity index (χ4n) is 4.23. The number of thioether (sulfide) groups is 1. The van der Waals surface area contributed by atoms with Crippen LogP contribution in [0.1, 0.15) is 11.1 Å². The zero-order valence-corrected chi connectivity index (χ0v) is 19.3. The molecule has 4 aromatic rings. The van der Waals surface area contributed by atoms with Crippen LogP contribution in [0.25, 0.3) is 16.7 Å². The van der Waals surface area contributed by atoms with Crippen LogP contribution in [-0.2, 0) is 17.8 Å². The molecule has 0 atom stereocenters. The minimum absolute atomic E-state index is 0.0308. The van der Waals surface area contributed by atoms with Crippen LogP contribution in [0.5, 0.6) is 5.75 Å². The number of rotatable bonds is 6. The molecule has 9 heteroatoms. The molecule has 34 heavy (non-hydrogen) atoms. The van der Waals surface area contributed by atoms with Gasteiger partial charge >= 0.3 is 0 Å². The van der Waals surface area contributed by atoms with Crippen molar-refractivity contribution >= 4 is 34.4 Å². The number of fused-ring (bicyclic) bond motifs is 2. The third kappa shape index (κ3) is 4.10. The lowest BCUT2D eigenvalue weighted by Gasteiger charge is -2.28. The molecular weight excluding hydrogens is 452 g/mol. The number of non-ortho nitro benzene ring substituents is 1. The van der Waals surface area contributed by atoms with E-state index in [0.29, 0.717) is 35.0 Å². The van der Waals surface area contributed by atoms with Crippen molar-refractivity contribution in [1.82, 2.24) is 14.5 Å². The molecule has 0 N–H and O–H groups in total. The Morgan fingerprint density at radius 1 is 1.12 bits per heavy atom. The maximum Gasteiger partial charge on any atom is 0.271 e. The lowest BCUT2D eigenvalue weighted by molar-refractivity contribution is -0.384. The number of hydrogen-bond acceptors (Lipinski definition) is 6. The van der Waals surface area contributed by atoms with Gasteiger partial charge in [0, 0.05) is 25.2 Å². The summed E-state index contributed by atoms with van der Waals surface area (Å²) in [6, 6.07) is 20.3. The third-order valence-electron chi connectivity index (χ3n) is 5.95. The summed E-state index contributed by atoms with van der Waals surface area (Å²) in [6.45, 7) is 1.29. The molecule has 0 spiro atoms. The first-order chi connectivity index (χ1) is 16.5. The summed E-state index contributed by atoms with van der Waals surface area (Å²) >= 11 is 1.32. The maximum atomic E-state index is 13.1. The molecule has 8 nitrogen and oxygen atoms in total. The fraction of sp³-hybridized carbons (Fsp3) is 0.200. The van der Waals surface area contributed by atoms with Gasteiger partial charge in [-0.05, 0) is 35.7 Å². The van der Waals surface area contributed by atoms with Gasteiger partial charge in [0.15, 0.2) is 5.16 Å². The van der Waals surface area contributed by atoms with Gasteiger partial charge in [-0.1, -0.05) is 48.2 Å². The van der Waals surface area contributed by atoms with Crippen LogP contribution in [0.15, 0.2) is 71.9 Å². The Morgan fingerprint density at radius 2 is 1.88 bits per heavy atom. The number of carbonyl (C=O) groups excluding carboxylic acids is 1. The molecule has 0 unspecified atom stereocenters. The molecule has 3 aromatic carbocycles. The average Bonchev–Trinajstić information content (AvgIpc) is 3.24. The molecule has 1 amide bonds. The van der Waals surface area contributed by atoms with Crippen molar-refractivity contribution in [3.63, 3.8) is 0 Å². The molecule has 172 valence electrons. The Bertz CT molecular complexity index is 1400. The zero-order valence-electron chi connectivity index (χ0n) is 18.5. The average molecular weight is 475 g/mol. The van der Waals surface area contributed by atoms with E-state index in [4.69, 9.17) is 4.74 Å². The van der Waals surface area contributed by atoms with Crippen molar-refractivity contribution in [2.75, 3.05) is 19.4 Å². The van der Waals surface area contributed by atoms with Crippen molar-refractivity contribution in [3.05, 3.63) is 88.0 Å². The SMILES string of the molecule is COc1ccccc1-n1c(SCC(=O)N2CCc3ccccc3C2)nc2cc([N+](=O)[O-])ccc21. The predicted octanol–water partition coefficient (Wildman–Crippen LogP) is 4.62. The van der Waals surface area contributed by atoms with Crippen LogP contribution in [0.4, 0.5) is 5.69 Å². The second kappa shape index (κ2) is 9.18. The van der Waals surface area contributed by atoms with Crippen molar-refractivity contribution in [1.29, 1.82) is 0 Å². The summed E-state index contributed by atoms with van der Waals surface area (Å²) in [6.07, 6.45) is 0.843. The molecule has 2 heterocycles. The molecular formula is C25H22N4O4S. The number of para-hydroxylation sites is 2. The first kappa shape index (κ1) is 22.0. The Kier molecular flexibility index (Phi) is 5.93. The van der Waals surface area contributed by atoms with E-state index in [9.17, 15) is 14.9 Å².